The van der Waals surface area contributed by atoms with E-state index in [-0.39, 0.29) is 18.3 Å². The molecule has 3 aromatic rings. The highest BCUT2D eigenvalue weighted by atomic mass is 19.1. The summed E-state index contributed by atoms with van der Waals surface area (Å²) in [6.07, 6.45) is 3.26. The van der Waals surface area contributed by atoms with E-state index in [1.807, 2.05) is 24.8 Å². The molecule has 1 aromatic carbocycles. The molecule has 3 heterocycles. The number of hydrogen-bond acceptors (Lipinski definition) is 4. The first kappa shape index (κ1) is 18.4. The van der Waals surface area contributed by atoms with Crippen molar-refractivity contribution >= 4 is 16.9 Å². The maximum Gasteiger partial charge on any atom is 0.260 e. The Labute approximate surface area is 162 Å². The van der Waals surface area contributed by atoms with E-state index in [4.69, 9.17) is 4.74 Å². The Morgan fingerprint density at radius 1 is 1.18 bits per heavy atom. The summed E-state index contributed by atoms with van der Waals surface area (Å²) in [4.78, 5) is 18.8. The van der Waals surface area contributed by atoms with Gasteiger partial charge in [-0.1, -0.05) is 6.07 Å². The second-order valence-corrected chi connectivity index (χ2v) is 7.18. The summed E-state index contributed by atoms with van der Waals surface area (Å²) in [6.45, 7) is 5.39. The monoisotopic (exact) mass is 382 g/mol. The Hall–Kier alpha value is -2.96. The zero-order valence-corrected chi connectivity index (χ0v) is 16.1. The summed E-state index contributed by atoms with van der Waals surface area (Å²) >= 11 is 0. The second-order valence-electron chi connectivity index (χ2n) is 7.18. The third kappa shape index (κ3) is 3.56. The van der Waals surface area contributed by atoms with Gasteiger partial charge in [0.1, 0.15) is 5.82 Å². The molecule has 2 aromatic heterocycles. The lowest BCUT2D eigenvalue weighted by molar-refractivity contribution is -0.134. The van der Waals surface area contributed by atoms with E-state index < -0.39 is 0 Å². The molecule has 4 rings (SSSR count). The highest BCUT2D eigenvalue weighted by molar-refractivity contribution is 5.84. The molecular formula is C21H23FN4O2. The number of aromatic nitrogens is 3. The number of fused-ring (bicyclic) bond motifs is 1. The summed E-state index contributed by atoms with van der Waals surface area (Å²) in [5.74, 6) is 0.0111. The van der Waals surface area contributed by atoms with Crippen molar-refractivity contribution in [3.63, 3.8) is 0 Å². The smallest absolute Gasteiger partial charge is 0.260 e. The fraction of sp³-hybridized carbons (Fsp3) is 0.381. The van der Waals surface area contributed by atoms with E-state index in [0.29, 0.717) is 17.2 Å². The van der Waals surface area contributed by atoms with Gasteiger partial charge < -0.3 is 9.64 Å². The summed E-state index contributed by atoms with van der Waals surface area (Å²) in [7, 11) is 0. The van der Waals surface area contributed by atoms with Crippen molar-refractivity contribution in [2.75, 3.05) is 19.7 Å². The Bertz CT molecular complexity index is 1020. The molecule has 7 heteroatoms. The minimum atomic E-state index is -0.338. The topological polar surface area (TPSA) is 60.2 Å². The third-order valence-corrected chi connectivity index (χ3v) is 5.09. The van der Waals surface area contributed by atoms with E-state index in [0.717, 1.165) is 42.6 Å². The average molecular weight is 382 g/mol. The molecule has 0 spiro atoms. The van der Waals surface area contributed by atoms with Gasteiger partial charge in [-0.2, -0.15) is 10.1 Å². The standard InChI is InChI=1S/C21H23FN4O2/c1-14-11-18(28-13-19(27)25-9-4-3-5-10-25)23-21-20(14)15(2)24-26(21)17-8-6-7-16(22)12-17/h6-8,11-12H,3-5,9-10,13H2,1-2H3. The van der Waals surface area contributed by atoms with Crippen molar-refractivity contribution in [1.82, 2.24) is 19.7 Å². The normalized spacial score (nSPS) is 14.5. The summed E-state index contributed by atoms with van der Waals surface area (Å²) in [6, 6.07) is 8.03. The van der Waals surface area contributed by atoms with Crippen LogP contribution in [0.2, 0.25) is 0 Å². The van der Waals surface area contributed by atoms with E-state index in [9.17, 15) is 9.18 Å². The number of aryl methyl sites for hydroxylation is 2. The first-order valence-electron chi connectivity index (χ1n) is 9.56. The van der Waals surface area contributed by atoms with Crippen LogP contribution in [0.25, 0.3) is 16.7 Å². The van der Waals surface area contributed by atoms with E-state index in [2.05, 4.69) is 10.1 Å². The van der Waals surface area contributed by atoms with Crippen LogP contribution in [0.3, 0.4) is 0 Å². The van der Waals surface area contributed by atoms with Gasteiger partial charge in [-0.3, -0.25) is 4.79 Å². The van der Waals surface area contributed by atoms with E-state index >= 15 is 0 Å². The molecular weight excluding hydrogens is 359 g/mol. The zero-order chi connectivity index (χ0) is 19.7. The van der Waals surface area contributed by atoms with Crippen molar-refractivity contribution in [3.05, 3.63) is 47.4 Å². The molecule has 28 heavy (non-hydrogen) atoms. The van der Waals surface area contributed by atoms with Crippen LogP contribution in [0.4, 0.5) is 4.39 Å². The molecule has 0 bridgehead atoms. The van der Waals surface area contributed by atoms with Crippen molar-refractivity contribution in [2.24, 2.45) is 0 Å². The number of benzene rings is 1. The number of carbonyl (C=O) groups excluding carboxylic acids is 1. The Kier molecular flexibility index (Phi) is 4.98. The molecule has 0 aliphatic carbocycles. The zero-order valence-electron chi connectivity index (χ0n) is 16.1. The fourth-order valence-electron chi connectivity index (χ4n) is 3.71. The summed E-state index contributed by atoms with van der Waals surface area (Å²) in [5, 5.41) is 5.43. The average Bonchev–Trinajstić information content (AvgIpc) is 3.04. The molecule has 146 valence electrons. The lowest BCUT2D eigenvalue weighted by atomic mass is 10.1. The Morgan fingerprint density at radius 3 is 2.71 bits per heavy atom. The number of piperidine rings is 1. The number of hydrogen-bond donors (Lipinski definition) is 0. The number of pyridine rings is 1. The molecule has 1 saturated heterocycles. The maximum absolute atomic E-state index is 13.7. The highest BCUT2D eigenvalue weighted by Crippen LogP contribution is 2.27. The quantitative estimate of drug-likeness (QED) is 0.692. The number of amides is 1. The molecule has 0 N–H and O–H groups in total. The van der Waals surface area contributed by atoms with Gasteiger partial charge in [0.25, 0.3) is 5.91 Å². The number of ether oxygens (including phenoxy) is 1. The van der Waals surface area contributed by atoms with Crippen molar-refractivity contribution < 1.29 is 13.9 Å². The van der Waals surface area contributed by atoms with Crippen molar-refractivity contribution in [3.8, 4) is 11.6 Å². The molecule has 1 aliphatic rings. The van der Waals surface area contributed by atoms with Gasteiger partial charge in [-0.25, -0.2) is 9.07 Å². The minimum Gasteiger partial charge on any atom is -0.467 e. The van der Waals surface area contributed by atoms with Crippen LogP contribution in [-0.2, 0) is 4.79 Å². The van der Waals surface area contributed by atoms with Crippen LogP contribution in [0.1, 0.15) is 30.5 Å². The number of halogens is 1. The van der Waals surface area contributed by atoms with Crippen molar-refractivity contribution in [1.29, 1.82) is 0 Å². The predicted molar refractivity (Wildman–Crippen MR) is 104 cm³/mol. The van der Waals surface area contributed by atoms with Crippen molar-refractivity contribution in [2.45, 2.75) is 33.1 Å². The van der Waals surface area contributed by atoms with Gasteiger partial charge in [0, 0.05) is 24.5 Å². The Balaban J connectivity index is 1.63. The summed E-state index contributed by atoms with van der Waals surface area (Å²) < 4.78 is 21.0. The van der Waals surface area contributed by atoms with Crippen LogP contribution in [0, 0.1) is 19.7 Å². The molecule has 0 unspecified atom stereocenters. The molecule has 6 nitrogen and oxygen atoms in total. The molecule has 1 fully saturated rings. The van der Waals surface area contributed by atoms with E-state index in [1.54, 1.807) is 16.8 Å². The SMILES string of the molecule is Cc1cc(OCC(=O)N2CCCCC2)nc2c1c(C)nn2-c1cccc(F)c1. The van der Waals surface area contributed by atoms with Crippen LogP contribution in [0.5, 0.6) is 5.88 Å². The first-order chi connectivity index (χ1) is 13.5. The largest absolute Gasteiger partial charge is 0.467 e. The lowest BCUT2D eigenvalue weighted by Crippen LogP contribution is -2.38. The van der Waals surface area contributed by atoms with Gasteiger partial charge in [0.15, 0.2) is 12.3 Å². The number of likely N-dealkylation sites (tertiary alicyclic amines) is 1. The fourth-order valence-corrected chi connectivity index (χ4v) is 3.71. The third-order valence-electron chi connectivity index (χ3n) is 5.09. The van der Waals surface area contributed by atoms with Crippen LogP contribution in [0.15, 0.2) is 30.3 Å². The maximum atomic E-state index is 13.7. The van der Waals surface area contributed by atoms with Gasteiger partial charge in [-0.05, 0) is 56.9 Å². The highest BCUT2D eigenvalue weighted by Gasteiger charge is 2.19. The van der Waals surface area contributed by atoms with Crippen LogP contribution < -0.4 is 4.74 Å². The van der Waals surface area contributed by atoms with Gasteiger partial charge in [0.2, 0.25) is 5.88 Å². The molecule has 1 amide bonds. The first-order valence-corrected chi connectivity index (χ1v) is 9.56. The second kappa shape index (κ2) is 7.58. The lowest BCUT2D eigenvalue weighted by Gasteiger charge is -2.26. The Morgan fingerprint density at radius 2 is 1.96 bits per heavy atom. The number of carbonyl (C=O) groups is 1. The van der Waals surface area contributed by atoms with Gasteiger partial charge >= 0.3 is 0 Å². The van der Waals surface area contributed by atoms with E-state index in [1.165, 1.54) is 18.6 Å². The number of rotatable bonds is 4. The van der Waals surface area contributed by atoms with Gasteiger partial charge in [0.05, 0.1) is 11.4 Å². The molecule has 1 aliphatic heterocycles. The minimum absolute atomic E-state index is 0.0194. The van der Waals surface area contributed by atoms with Crippen LogP contribution in [-0.4, -0.2) is 45.3 Å². The molecule has 0 saturated carbocycles. The predicted octanol–water partition coefficient (Wildman–Crippen LogP) is 3.57. The number of nitrogens with zero attached hydrogens (tertiary/aromatic N) is 4. The van der Waals surface area contributed by atoms with Gasteiger partial charge in [-0.15, -0.1) is 0 Å². The summed E-state index contributed by atoms with van der Waals surface area (Å²) in [5.41, 5.74) is 2.93. The van der Waals surface area contributed by atoms with Crippen LogP contribution >= 0.6 is 0 Å². The molecule has 0 radical (unpaired) electrons. The molecule has 0 atom stereocenters.